The van der Waals surface area contributed by atoms with Gasteiger partial charge in [0.05, 0.1) is 11.5 Å². The Bertz CT molecular complexity index is 717. The summed E-state index contributed by atoms with van der Waals surface area (Å²) in [7, 11) is 1.56. The molecule has 27 heavy (non-hydrogen) atoms. The predicted molar refractivity (Wildman–Crippen MR) is 92.1 cm³/mol. The first-order valence-electron chi connectivity index (χ1n) is 8.78. The summed E-state index contributed by atoms with van der Waals surface area (Å²) in [6, 6.07) is 3.99. The molecule has 1 atom stereocenters. The van der Waals surface area contributed by atoms with Crippen LogP contribution >= 0.6 is 0 Å². The molecule has 148 valence electrons. The molecule has 2 fully saturated rings. The van der Waals surface area contributed by atoms with E-state index >= 15 is 0 Å². The number of amides is 3. The summed E-state index contributed by atoms with van der Waals surface area (Å²) in [5, 5.41) is 5.17. The van der Waals surface area contributed by atoms with Crippen molar-refractivity contribution in [1.82, 2.24) is 10.2 Å². The summed E-state index contributed by atoms with van der Waals surface area (Å²) in [6.45, 7) is 1.65. The van der Waals surface area contributed by atoms with Crippen molar-refractivity contribution in [2.75, 3.05) is 38.7 Å². The molecule has 1 aromatic rings. The highest BCUT2D eigenvalue weighted by Crippen LogP contribution is 2.44. The van der Waals surface area contributed by atoms with Crippen molar-refractivity contribution in [1.29, 1.82) is 0 Å². The van der Waals surface area contributed by atoms with Crippen LogP contribution in [0.25, 0.3) is 0 Å². The van der Waals surface area contributed by atoms with Gasteiger partial charge in [0.15, 0.2) is 0 Å². The number of anilines is 1. The van der Waals surface area contributed by atoms with Crippen LogP contribution in [-0.2, 0) is 15.7 Å². The number of ether oxygens (including phenoxy) is 1. The zero-order valence-electron chi connectivity index (χ0n) is 14.9. The van der Waals surface area contributed by atoms with Gasteiger partial charge < -0.3 is 20.3 Å². The number of benzene rings is 1. The molecule has 1 unspecified atom stereocenters. The van der Waals surface area contributed by atoms with Crippen LogP contribution in [-0.4, -0.2) is 50.2 Å². The topological polar surface area (TPSA) is 70.7 Å². The van der Waals surface area contributed by atoms with Crippen LogP contribution in [0, 0.1) is 11.3 Å². The lowest BCUT2D eigenvalue weighted by Crippen LogP contribution is -2.43. The number of urea groups is 1. The fourth-order valence-corrected chi connectivity index (χ4v) is 3.92. The molecule has 1 aromatic carbocycles. The summed E-state index contributed by atoms with van der Waals surface area (Å²) >= 11 is 0. The average Bonchev–Trinajstić information content (AvgIpc) is 3.00. The second-order valence-corrected chi connectivity index (χ2v) is 7.03. The third-order valence-electron chi connectivity index (χ3n) is 5.43. The van der Waals surface area contributed by atoms with Gasteiger partial charge >= 0.3 is 12.2 Å². The molecule has 3 amide bonds. The van der Waals surface area contributed by atoms with Crippen molar-refractivity contribution in [3.05, 3.63) is 29.8 Å². The van der Waals surface area contributed by atoms with Gasteiger partial charge in [0, 0.05) is 44.5 Å². The van der Waals surface area contributed by atoms with Crippen LogP contribution in [0.3, 0.4) is 0 Å². The van der Waals surface area contributed by atoms with Crippen LogP contribution < -0.4 is 10.6 Å². The van der Waals surface area contributed by atoms with E-state index in [4.69, 9.17) is 4.74 Å². The molecule has 2 aliphatic heterocycles. The molecule has 0 aliphatic carbocycles. The highest BCUT2D eigenvalue weighted by Gasteiger charge is 2.51. The number of alkyl halides is 3. The maximum Gasteiger partial charge on any atom is 0.416 e. The molecule has 6 nitrogen and oxygen atoms in total. The Labute approximate surface area is 155 Å². The highest BCUT2D eigenvalue weighted by molar-refractivity contribution is 5.91. The highest BCUT2D eigenvalue weighted by atomic mass is 19.4. The molecule has 0 bridgehead atoms. The van der Waals surface area contributed by atoms with Gasteiger partial charge in [-0.2, -0.15) is 13.2 Å². The first-order valence-corrected chi connectivity index (χ1v) is 8.78. The van der Waals surface area contributed by atoms with Crippen molar-refractivity contribution in [3.8, 4) is 0 Å². The van der Waals surface area contributed by atoms with Gasteiger partial charge in [-0.3, -0.25) is 4.79 Å². The Kier molecular flexibility index (Phi) is 5.32. The summed E-state index contributed by atoms with van der Waals surface area (Å²) in [5.41, 5.74) is -1.12. The smallest absolute Gasteiger partial charge is 0.381 e. The summed E-state index contributed by atoms with van der Waals surface area (Å²) in [6.07, 6.45) is -3.15. The molecule has 0 aromatic heterocycles. The molecule has 2 aliphatic rings. The fourth-order valence-electron chi connectivity index (χ4n) is 3.92. The van der Waals surface area contributed by atoms with E-state index in [-0.39, 0.29) is 29.5 Å². The molecule has 2 heterocycles. The van der Waals surface area contributed by atoms with Crippen LogP contribution in [0.5, 0.6) is 0 Å². The second kappa shape index (κ2) is 7.38. The first-order chi connectivity index (χ1) is 12.7. The Morgan fingerprint density at radius 3 is 2.59 bits per heavy atom. The number of rotatable bonds is 2. The predicted octanol–water partition coefficient (Wildman–Crippen LogP) is 2.71. The van der Waals surface area contributed by atoms with E-state index in [1.165, 1.54) is 17.0 Å². The Hall–Kier alpha value is -2.29. The summed E-state index contributed by atoms with van der Waals surface area (Å²) in [4.78, 5) is 26.5. The number of carbonyl (C=O) groups is 2. The SMILES string of the molecule is CNC(=O)C1CN(C(=O)Nc2cccc(C(F)(F)F)c2)CC12CCOCC2. The molecular weight excluding hydrogens is 363 g/mol. The summed E-state index contributed by atoms with van der Waals surface area (Å²) in [5.74, 6) is -0.495. The zero-order chi connectivity index (χ0) is 19.7. The van der Waals surface area contributed by atoms with E-state index in [0.29, 0.717) is 32.6 Å². The van der Waals surface area contributed by atoms with E-state index in [1.807, 2.05) is 0 Å². The minimum Gasteiger partial charge on any atom is -0.381 e. The van der Waals surface area contributed by atoms with Gasteiger partial charge in [0.1, 0.15) is 0 Å². The largest absolute Gasteiger partial charge is 0.416 e. The Morgan fingerprint density at radius 1 is 1.26 bits per heavy atom. The van der Waals surface area contributed by atoms with Gasteiger partial charge in [-0.1, -0.05) is 6.07 Å². The van der Waals surface area contributed by atoms with E-state index in [0.717, 1.165) is 12.1 Å². The van der Waals surface area contributed by atoms with E-state index < -0.39 is 17.8 Å². The average molecular weight is 385 g/mol. The number of likely N-dealkylation sites (tertiary alicyclic amines) is 1. The van der Waals surface area contributed by atoms with Gasteiger partial charge in [0.25, 0.3) is 0 Å². The van der Waals surface area contributed by atoms with Gasteiger partial charge in [-0.05, 0) is 31.0 Å². The van der Waals surface area contributed by atoms with Crippen molar-refractivity contribution < 1.29 is 27.5 Å². The summed E-state index contributed by atoms with van der Waals surface area (Å²) < 4.78 is 43.9. The lowest BCUT2D eigenvalue weighted by molar-refractivity contribution is -0.137. The molecular formula is C18H22F3N3O3. The van der Waals surface area contributed by atoms with Gasteiger partial charge in [0.2, 0.25) is 5.91 Å². The normalized spacial score (nSPS) is 21.9. The van der Waals surface area contributed by atoms with Gasteiger partial charge in [-0.25, -0.2) is 4.79 Å². The second-order valence-electron chi connectivity index (χ2n) is 7.03. The maximum absolute atomic E-state index is 12.8. The monoisotopic (exact) mass is 385 g/mol. The van der Waals surface area contributed by atoms with E-state index in [2.05, 4.69) is 10.6 Å². The molecule has 1 spiro atoms. The van der Waals surface area contributed by atoms with Crippen molar-refractivity contribution in [2.24, 2.45) is 11.3 Å². The minimum absolute atomic E-state index is 0.0687. The van der Waals surface area contributed by atoms with Crippen molar-refractivity contribution >= 4 is 17.6 Å². The number of hydrogen-bond acceptors (Lipinski definition) is 3. The number of nitrogens with one attached hydrogen (secondary N) is 2. The molecule has 0 radical (unpaired) electrons. The third-order valence-corrected chi connectivity index (χ3v) is 5.43. The fraction of sp³-hybridized carbons (Fsp3) is 0.556. The zero-order valence-corrected chi connectivity index (χ0v) is 14.9. The lowest BCUT2D eigenvalue weighted by Gasteiger charge is -2.36. The standard InChI is InChI=1S/C18H22F3N3O3/c1-22-15(25)14-10-24(11-17(14)5-7-27-8-6-17)16(26)23-13-4-2-3-12(9-13)18(19,20)21/h2-4,9,14H,5-8,10-11H2,1H3,(H,22,25)(H,23,26). The molecule has 9 heteroatoms. The van der Waals surface area contributed by atoms with Crippen LogP contribution in [0.2, 0.25) is 0 Å². The van der Waals surface area contributed by atoms with Crippen LogP contribution in [0.1, 0.15) is 18.4 Å². The molecule has 0 saturated carbocycles. The minimum atomic E-state index is -4.48. The molecule has 2 saturated heterocycles. The Balaban J connectivity index is 1.75. The lowest BCUT2D eigenvalue weighted by atomic mass is 9.72. The van der Waals surface area contributed by atoms with Crippen molar-refractivity contribution in [3.63, 3.8) is 0 Å². The van der Waals surface area contributed by atoms with Gasteiger partial charge in [-0.15, -0.1) is 0 Å². The number of hydrogen-bond donors (Lipinski definition) is 2. The maximum atomic E-state index is 12.8. The van der Waals surface area contributed by atoms with Crippen molar-refractivity contribution in [2.45, 2.75) is 19.0 Å². The van der Waals surface area contributed by atoms with Crippen LogP contribution in [0.4, 0.5) is 23.7 Å². The van der Waals surface area contributed by atoms with E-state index in [9.17, 15) is 22.8 Å². The Morgan fingerprint density at radius 2 is 1.96 bits per heavy atom. The first kappa shape index (κ1) is 19.5. The quantitative estimate of drug-likeness (QED) is 0.822. The third kappa shape index (κ3) is 4.02. The molecule has 3 rings (SSSR count). The number of carbonyl (C=O) groups excluding carboxylic acids is 2. The van der Waals surface area contributed by atoms with Crippen LogP contribution in [0.15, 0.2) is 24.3 Å². The number of nitrogens with zero attached hydrogens (tertiary/aromatic N) is 1. The van der Waals surface area contributed by atoms with E-state index in [1.54, 1.807) is 7.05 Å². The number of halogens is 3. The molecule has 2 N–H and O–H groups in total.